The second-order valence-corrected chi connectivity index (χ2v) is 15.5. The van der Waals surface area contributed by atoms with E-state index in [1.807, 2.05) is 12.1 Å². The van der Waals surface area contributed by atoms with E-state index in [9.17, 15) is 4.79 Å². The van der Waals surface area contributed by atoms with Gasteiger partial charge >= 0.3 is 0 Å². The van der Waals surface area contributed by atoms with E-state index in [0.717, 1.165) is 80.8 Å². The first kappa shape index (κ1) is 34.7. The summed E-state index contributed by atoms with van der Waals surface area (Å²) in [7, 11) is 1.75. The van der Waals surface area contributed by atoms with Crippen molar-refractivity contribution in [2.45, 2.75) is 98.8 Å². The van der Waals surface area contributed by atoms with Gasteiger partial charge in [-0.2, -0.15) is 0 Å². The van der Waals surface area contributed by atoms with E-state index >= 15 is 0 Å². The van der Waals surface area contributed by atoms with Crippen LogP contribution in [0, 0.1) is 35.5 Å². The first-order valence-electron chi connectivity index (χ1n) is 18.3. The van der Waals surface area contributed by atoms with Crippen LogP contribution in [-0.4, -0.2) is 67.0 Å². The molecule has 1 aliphatic heterocycles. The Balaban J connectivity index is 1.40. The first-order chi connectivity index (χ1) is 22.1. The van der Waals surface area contributed by atoms with E-state index < -0.39 is 0 Å². The average molecular weight is 632 g/mol. The smallest absolute Gasteiger partial charge is 0.223 e. The molecule has 3 fully saturated rings. The highest BCUT2D eigenvalue weighted by molar-refractivity contribution is 5.96. The number of carbonyl (C=O) groups excluding carboxylic acids is 1. The Morgan fingerprint density at radius 2 is 1.41 bits per heavy atom. The van der Waals surface area contributed by atoms with Crippen LogP contribution in [0.2, 0.25) is 0 Å². The van der Waals surface area contributed by atoms with Crippen LogP contribution in [0.4, 0.5) is 11.6 Å². The molecule has 2 saturated carbocycles. The third-order valence-corrected chi connectivity index (χ3v) is 11.6. The lowest BCUT2D eigenvalue weighted by atomic mass is 9.66. The number of ketones is 1. The van der Waals surface area contributed by atoms with Crippen LogP contribution in [0.5, 0.6) is 5.75 Å². The molecular weight excluding hydrogens is 570 g/mol. The summed E-state index contributed by atoms with van der Waals surface area (Å²) in [5.41, 5.74) is 4.11. The average Bonchev–Trinajstić information content (AvgIpc) is 3.04. The number of rotatable bonds is 11. The van der Waals surface area contributed by atoms with Crippen LogP contribution >= 0.6 is 0 Å². The Labute approximate surface area is 279 Å². The van der Waals surface area contributed by atoms with E-state index in [0.29, 0.717) is 47.3 Å². The van der Waals surface area contributed by atoms with Crippen molar-refractivity contribution in [3.05, 3.63) is 41.2 Å². The molecule has 7 nitrogen and oxygen atoms in total. The van der Waals surface area contributed by atoms with Crippen LogP contribution in [0.15, 0.2) is 24.3 Å². The fraction of sp³-hybridized carbons (Fsp3) is 0.718. The largest absolute Gasteiger partial charge is 0.495 e. The quantitative estimate of drug-likeness (QED) is 0.250. The van der Waals surface area contributed by atoms with Crippen LogP contribution in [-0.2, 0) is 0 Å². The summed E-state index contributed by atoms with van der Waals surface area (Å²) >= 11 is 0. The van der Waals surface area contributed by atoms with Gasteiger partial charge in [0.2, 0.25) is 5.95 Å². The van der Waals surface area contributed by atoms with E-state index in [-0.39, 0.29) is 5.78 Å². The van der Waals surface area contributed by atoms with Gasteiger partial charge in [-0.1, -0.05) is 66.5 Å². The molecule has 1 aromatic heterocycles. The summed E-state index contributed by atoms with van der Waals surface area (Å²) in [5, 5.41) is 3.68. The summed E-state index contributed by atoms with van der Waals surface area (Å²) in [4.78, 5) is 29.2. The van der Waals surface area contributed by atoms with Crippen molar-refractivity contribution in [1.82, 2.24) is 14.9 Å². The van der Waals surface area contributed by atoms with Gasteiger partial charge in [0, 0.05) is 51.1 Å². The number of anilines is 2. The number of para-hydroxylation sites is 2. The SMILES string of the molecule is COc1ccccc1N1CCN(CCNc2nc(C3CC(C)CCC3C(C)C)c(C(C)=O)c(C3CC(C)CCC3C(C)C)n2)CC1. The highest BCUT2D eigenvalue weighted by Crippen LogP contribution is 2.48. The van der Waals surface area contributed by atoms with Gasteiger partial charge in [0.25, 0.3) is 0 Å². The maximum absolute atomic E-state index is 13.7. The number of nitrogens with zero attached hydrogens (tertiary/aromatic N) is 4. The Bertz CT molecular complexity index is 1250. The number of piperazine rings is 1. The van der Waals surface area contributed by atoms with Gasteiger partial charge in [-0.25, -0.2) is 9.97 Å². The van der Waals surface area contributed by atoms with Gasteiger partial charge in [-0.05, 0) is 80.2 Å². The topological polar surface area (TPSA) is 70.6 Å². The lowest BCUT2D eigenvalue weighted by molar-refractivity contribution is 0.100. The molecule has 46 heavy (non-hydrogen) atoms. The highest BCUT2D eigenvalue weighted by atomic mass is 16.5. The predicted molar refractivity (Wildman–Crippen MR) is 190 cm³/mol. The van der Waals surface area contributed by atoms with Gasteiger partial charge in [0.05, 0.1) is 29.7 Å². The number of carbonyl (C=O) groups is 1. The number of methoxy groups -OCH3 is 1. The van der Waals surface area contributed by atoms with Crippen molar-refractivity contribution >= 4 is 17.4 Å². The van der Waals surface area contributed by atoms with Crippen molar-refractivity contribution in [2.75, 3.05) is 56.6 Å². The van der Waals surface area contributed by atoms with Gasteiger partial charge in [-0.15, -0.1) is 0 Å². The van der Waals surface area contributed by atoms with Crippen LogP contribution < -0.4 is 15.0 Å². The van der Waals surface area contributed by atoms with E-state index in [2.05, 4.69) is 68.8 Å². The minimum atomic E-state index is 0.144. The fourth-order valence-corrected chi connectivity index (χ4v) is 8.94. The van der Waals surface area contributed by atoms with Crippen molar-refractivity contribution in [1.29, 1.82) is 0 Å². The second-order valence-electron chi connectivity index (χ2n) is 15.5. The molecule has 7 heteroatoms. The minimum absolute atomic E-state index is 0.144. The molecule has 254 valence electrons. The van der Waals surface area contributed by atoms with Gasteiger partial charge in [0.15, 0.2) is 5.78 Å². The first-order valence-corrected chi connectivity index (χ1v) is 18.3. The van der Waals surface area contributed by atoms with Crippen molar-refractivity contribution in [3.63, 3.8) is 0 Å². The number of nitrogens with one attached hydrogen (secondary N) is 1. The highest BCUT2D eigenvalue weighted by Gasteiger charge is 2.40. The Hall–Kier alpha value is -2.67. The van der Waals surface area contributed by atoms with Crippen LogP contribution in [0.3, 0.4) is 0 Å². The van der Waals surface area contributed by atoms with E-state index in [4.69, 9.17) is 14.7 Å². The predicted octanol–water partition coefficient (Wildman–Crippen LogP) is 8.27. The summed E-state index contributed by atoms with van der Waals surface area (Å²) < 4.78 is 5.62. The number of ether oxygens (including phenoxy) is 1. The Kier molecular flexibility index (Phi) is 11.7. The van der Waals surface area contributed by atoms with Gasteiger partial charge < -0.3 is 15.0 Å². The summed E-state index contributed by atoms with van der Waals surface area (Å²) in [5.74, 6) is 5.87. The monoisotopic (exact) mass is 631 g/mol. The maximum atomic E-state index is 13.7. The molecule has 0 radical (unpaired) electrons. The molecule has 6 unspecified atom stereocenters. The lowest BCUT2D eigenvalue weighted by Crippen LogP contribution is -2.47. The van der Waals surface area contributed by atoms with Gasteiger partial charge in [-0.3, -0.25) is 9.69 Å². The zero-order chi connectivity index (χ0) is 33.0. The van der Waals surface area contributed by atoms with E-state index in [1.165, 1.54) is 31.4 Å². The molecule has 1 N–H and O–H groups in total. The third kappa shape index (κ3) is 7.89. The van der Waals surface area contributed by atoms with Crippen LogP contribution in [0.25, 0.3) is 0 Å². The molecule has 0 amide bonds. The molecule has 1 saturated heterocycles. The second kappa shape index (κ2) is 15.5. The molecule has 6 atom stereocenters. The number of Topliss-reactive ketones (excluding diaryl/α,β-unsaturated/α-hetero) is 1. The molecule has 2 aromatic rings. The maximum Gasteiger partial charge on any atom is 0.223 e. The summed E-state index contributed by atoms with van der Waals surface area (Å²) in [6.07, 6.45) is 7.14. The lowest BCUT2D eigenvalue weighted by Gasteiger charge is -2.40. The standard InChI is InChI=1S/C39H61N5O2/c1-25(2)30-15-13-27(5)23-32(30)37-36(29(7)45)38(33-24-28(6)14-16-31(33)26(3)4)42-39(41-37)40-17-18-43-19-21-44(22-20-43)34-11-9-10-12-35(34)46-8/h9-12,25-28,30-33H,13-24H2,1-8H3,(H,40,41,42). The number of hydrogen-bond donors (Lipinski definition) is 1. The van der Waals surface area contributed by atoms with E-state index in [1.54, 1.807) is 14.0 Å². The molecule has 2 heterocycles. The molecule has 3 aliphatic rings. The number of hydrogen-bond acceptors (Lipinski definition) is 7. The van der Waals surface area contributed by atoms with Crippen molar-refractivity contribution in [3.8, 4) is 5.75 Å². The van der Waals surface area contributed by atoms with Crippen LogP contribution in [0.1, 0.15) is 121 Å². The number of aromatic nitrogens is 2. The van der Waals surface area contributed by atoms with Gasteiger partial charge in [0.1, 0.15) is 5.75 Å². The van der Waals surface area contributed by atoms with Crippen molar-refractivity contribution in [2.24, 2.45) is 35.5 Å². The zero-order valence-corrected chi connectivity index (χ0v) is 30.0. The summed E-state index contributed by atoms with van der Waals surface area (Å²) in [6, 6.07) is 8.31. The molecule has 2 aliphatic carbocycles. The normalized spacial score (nSPS) is 27.7. The molecule has 1 aromatic carbocycles. The Morgan fingerprint density at radius 1 is 0.870 bits per heavy atom. The number of benzene rings is 1. The molecular formula is C39H61N5O2. The molecule has 5 rings (SSSR count). The summed E-state index contributed by atoms with van der Waals surface area (Å²) in [6.45, 7) is 21.6. The zero-order valence-electron chi connectivity index (χ0n) is 30.0. The van der Waals surface area contributed by atoms with Crippen molar-refractivity contribution < 1.29 is 9.53 Å². The molecule has 0 spiro atoms. The minimum Gasteiger partial charge on any atom is -0.495 e. The fourth-order valence-electron chi connectivity index (χ4n) is 8.94. The third-order valence-electron chi connectivity index (χ3n) is 11.6. The molecule has 0 bridgehead atoms. The Morgan fingerprint density at radius 3 is 1.91 bits per heavy atom.